The van der Waals surface area contributed by atoms with Crippen molar-refractivity contribution in [2.24, 2.45) is 0 Å². The highest BCUT2D eigenvalue weighted by atomic mass is 32.2. The summed E-state index contributed by atoms with van der Waals surface area (Å²) in [7, 11) is 0. The van der Waals surface area contributed by atoms with Crippen LogP contribution >= 0.6 is 11.8 Å². The van der Waals surface area contributed by atoms with Crippen LogP contribution in [0.1, 0.15) is 18.4 Å². The number of carbonyl (C=O) groups is 1. The summed E-state index contributed by atoms with van der Waals surface area (Å²) in [6.07, 6.45) is 6.88. The molecule has 2 N–H and O–H groups in total. The SMILES string of the molecule is C#CCNC(=O)/C(C#N)=C1\SC(=C)C(=C)N1CC.Cc1cnc(C)[nH]1. The number of aryl methyl sites for hydroxylation is 2. The molecular formula is C18H21N5OS. The molecule has 1 amide bonds. The number of rotatable bonds is 3. The van der Waals surface area contributed by atoms with Crippen molar-refractivity contribution in [1.82, 2.24) is 20.2 Å². The maximum absolute atomic E-state index is 11.8. The average Bonchev–Trinajstić information content (AvgIpc) is 3.09. The fourth-order valence-electron chi connectivity index (χ4n) is 1.98. The van der Waals surface area contributed by atoms with Gasteiger partial charge in [-0.3, -0.25) is 4.79 Å². The van der Waals surface area contributed by atoms with Crippen molar-refractivity contribution in [2.45, 2.75) is 20.8 Å². The van der Waals surface area contributed by atoms with Gasteiger partial charge < -0.3 is 15.2 Å². The molecule has 0 saturated carbocycles. The maximum atomic E-state index is 11.8. The Balaban J connectivity index is 0.000000370. The zero-order valence-electron chi connectivity index (χ0n) is 14.6. The molecule has 2 heterocycles. The maximum Gasteiger partial charge on any atom is 0.265 e. The summed E-state index contributed by atoms with van der Waals surface area (Å²) in [5, 5.41) is 12.2. The van der Waals surface area contributed by atoms with E-state index in [1.165, 1.54) is 11.8 Å². The van der Waals surface area contributed by atoms with Crippen molar-refractivity contribution in [2.75, 3.05) is 13.1 Å². The predicted octanol–water partition coefficient (Wildman–Crippen LogP) is 2.59. The highest BCUT2D eigenvalue weighted by Gasteiger charge is 2.29. The highest BCUT2D eigenvalue weighted by Crippen LogP contribution is 2.43. The highest BCUT2D eigenvalue weighted by molar-refractivity contribution is 8.07. The van der Waals surface area contributed by atoms with E-state index in [2.05, 4.69) is 34.4 Å². The number of aromatic amines is 1. The van der Waals surface area contributed by atoms with Gasteiger partial charge in [-0.15, -0.1) is 6.42 Å². The first-order chi connectivity index (χ1) is 11.8. The summed E-state index contributed by atoms with van der Waals surface area (Å²) in [6.45, 7) is 14.3. The second-order valence-corrected chi connectivity index (χ2v) is 6.13. The van der Waals surface area contributed by atoms with Crippen LogP contribution in [-0.4, -0.2) is 33.9 Å². The quantitative estimate of drug-likeness (QED) is 0.494. The Kier molecular flexibility index (Phi) is 7.58. The van der Waals surface area contributed by atoms with E-state index in [0.717, 1.165) is 22.1 Å². The van der Waals surface area contributed by atoms with Crippen molar-refractivity contribution in [3.63, 3.8) is 0 Å². The first-order valence-electron chi connectivity index (χ1n) is 7.53. The molecule has 0 radical (unpaired) electrons. The molecule has 0 unspecified atom stereocenters. The van der Waals surface area contributed by atoms with Gasteiger partial charge in [-0.2, -0.15) is 5.26 Å². The minimum atomic E-state index is -0.473. The number of imidazole rings is 1. The lowest BCUT2D eigenvalue weighted by molar-refractivity contribution is -0.116. The van der Waals surface area contributed by atoms with Crippen LogP contribution in [0.25, 0.3) is 0 Å². The second-order valence-electron chi connectivity index (χ2n) is 5.05. The van der Waals surface area contributed by atoms with Crippen molar-refractivity contribution in [3.8, 4) is 18.4 Å². The van der Waals surface area contributed by atoms with E-state index in [1.54, 1.807) is 4.90 Å². The van der Waals surface area contributed by atoms with Crippen molar-refractivity contribution >= 4 is 17.7 Å². The van der Waals surface area contributed by atoms with Gasteiger partial charge in [0.1, 0.15) is 22.5 Å². The van der Waals surface area contributed by atoms with Crippen LogP contribution in [0.4, 0.5) is 0 Å². The summed E-state index contributed by atoms with van der Waals surface area (Å²) in [5.74, 6) is 2.80. The van der Waals surface area contributed by atoms with Gasteiger partial charge in [0.25, 0.3) is 5.91 Å². The summed E-state index contributed by atoms with van der Waals surface area (Å²) in [5.41, 5.74) is 1.88. The number of likely N-dealkylation sites (N-methyl/N-ethyl adjacent to an activating group) is 1. The summed E-state index contributed by atoms with van der Waals surface area (Å²) < 4.78 is 0. The Morgan fingerprint density at radius 1 is 1.52 bits per heavy atom. The van der Waals surface area contributed by atoms with E-state index in [-0.39, 0.29) is 12.1 Å². The molecule has 1 aromatic rings. The number of nitrogens with zero attached hydrogens (tertiary/aromatic N) is 3. The molecule has 1 saturated heterocycles. The predicted molar refractivity (Wildman–Crippen MR) is 101 cm³/mol. The van der Waals surface area contributed by atoms with Gasteiger partial charge in [-0.1, -0.05) is 30.8 Å². The monoisotopic (exact) mass is 355 g/mol. The summed E-state index contributed by atoms with van der Waals surface area (Å²) in [6, 6.07) is 1.91. The first-order valence-corrected chi connectivity index (χ1v) is 8.35. The third kappa shape index (κ3) is 5.30. The zero-order valence-corrected chi connectivity index (χ0v) is 15.5. The van der Waals surface area contributed by atoms with Gasteiger partial charge in [0.2, 0.25) is 0 Å². The fraction of sp³-hybridized carbons (Fsp3) is 0.278. The number of thioether (sulfide) groups is 1. The molecule has 0 bridgehead atoms. The van der Waals surface area contributed by atoms with E-state index in [4.69, 9.17) is 11.7 Å². The van der Waals surface area contributed by atoms with Crippen LogP contribution in [0.15, 0.2) is 40.6 Å². The summed E-state index contributed by atoms with van der Waals surface area (Å²) in [4.78, 5) is 21.3. The van der Waals surface area contributed by atoms with Gasteiger partial charge in [-0.25, -0.2) is 4.98 Å². The van der Waals surface area contributed by atoms with Crippen LogP contribution in [0.5, 0.6) is 0 Å². The number of H-pyrrole nitrogens is 1. The van der Waals surface area contributed by atoms with Crippen LogP contribution in [-0.2, 0) is 4.79 Å². The molecule has 7 heteroatoms. The van der Waals surface area contributed by atoms with Gasteiger partial charge >= 0.3 is 0 Å². The third-order valence-corrected chi connectivity index (χ3v) is 4.26. The number of hydrogen-bond donors (Lipinski definition) is 2. The second kappa shape index (κ2) is 9.41. The van der Waals surface area contributed by atoms with E-state index in [9.17, 15) is 4.79 Å². The van der Waals surface area contributed by atoms with Crippen LogP contribution < -0.4 is 5.32 Å². The number of amides is 1. The largest absolute Gasteiger partial charge is 0.346 e. The van der Waals surface area contributed by atoms with E-state index in [1.807, 2.05) is 33.0 Å². The molecule has 0 atom stereocenters. The molecule has 25 heavy (non-hydrogen) atoms. The number of carbonyl (C=O) groups excluding carboxylic acids is 1. The number of nitriles is 1. The average molecular weight is 355 g/mol. The number of hydrogen-bond acceptors (Lipinski definition) is 5. The molecule has 1 aliphatic heterocycles. The lowest BCUT2D eigenvalue weighted by Gasteiger charge is -2.18. The molecule has 0 aliphatic carbocycles. The minimum Gasteiger partial charge on any atom is -0.346 e. The van der Waals surface area contributed by atoms with E-state index in [0.29, 0.717) is 11.6 Å². The summed E-state index contributed by atoms with van der Waals surface area (Å²) >= 11 is 1.28. The van der Waals surface area contributed by atoms with Gasteiger partial charge in [-0.05, 0) is 20.8 Å². The van der Waals surface area contributed by atoms with Crippen molar-refractivity contribution in [1.29, 1.82) is 5.26 Å². The Labute approximate surface area is 152 Å². The van der Waals surface area contributed by atoms with Crippen molar-refractivity contribution < 1.29 is 4.79 Å². The van der Waals surface area contributed by atoms with E-state index < -0.39 is 5.91 Å². The topological polar surface area (TPSA) is 84.8 Å². The van der Waals surface area contributed by atoms with Crippen LogP contribution in [0, 0.1) is 37.5 Å². The molecular weight excluding hydrogens is 334 g/mol. The molecule has 1 aliphatic rings. The van der Waals surface area contributed by atoms with E-state index >= 15 is 0 Å². The van der Waals surface area contributed by atoms with Crippen LogP contribution in [0.3, 0.4) is 0 Å². The molecule has 0 spiro atoms. The number of aromatic nitrogens is 2. The Morgan fingerprint density at radius 2 is 2.20 bits per heavy atom. The van der Waals surface area contributed by atoms with Crippen molar-refractivity contribution in [3.05, 3.63) is 52.1 Å². The molecule has 130 valence electrons. The third-order valence-electron chi connectivity index (χ3n) is 3.16. The standard InChI is InChI=1S/C13H13N3OS.C5H8N2/c1-5-7-15-12(17)11(8-14)13-16(6-2)9(3)10(4)18-13;1-4-3-6-5(2)7-4/h1H,3-4,6-7H2,2H3,(H,15,17);3H,1-2H3,(H,6,7)/b13-11-;. The Morgan fingerprint density at radius 3 is 2.60 bits per heavy atom. The minimum absolute atomic E-state index is 0.0388. The lowest BCUT2D eigenvalue weighted by Crippen LogP contribution is -2.27. The molecule has 0 aromatic carbocycles. The molecule has 1 aromatic heterocycles. The van der Waals surface area contributed by atoms with Gasteiger partial charge in [0, 0.05) is 29.0 Å². The number of nitrogens with one attached hydrogen (secondary N) is 2. The van der Waals surface area contributed by atoms with Crippen LogP contribution in [0.2, 0.25) is 0 Å². The first kappa shape index (κ1) is 20.1. The zero-order chi connectivity index (χ0) is 19.0. The Hall–Kier alpha value is -2.90. The lowest BCUT2D eigenvalue weighted by atomic mass is 10.2. The molecule has 1 fully saturated rings. The normalized spacial score (nSPS) is 15.0. The molecule has 2 rings (SSSR count). The Bertz CT molecular complexity index is 775. The molecule has 6 nitrogen and oxygen atoms in total. The van der Waals surface area contributed by atoms with Gasteiger partial charge in [0.05, 0.1) is 6.54 Å². The smallest absolute Gasteiger partial charge is 0.265 e. The van der Waals surface area contributed by atoms with Gasteiger partial charge in [0.15, 0.2) is 0 Å². The fourth-order valence-corrected chi connectivity index (χ4v) is 3.03. The number of terminal acetylenes is 1.